The Morgan fingerprint density at radius 2 is 2.00 bits per heavy atom. The normalized spacial score (nSPS) is 11.4. The molecule has 0 unspecified atom stereocenters. The first-order chi connectivity index (χ1) is 5.41. The lowest BCUT2D eigenvalue weighted by Crippen LogP contribution is -1.96. The second-order valence-corrected chi connectivity index (χ2v) is 3.25. The molecule has 0 aromatic carbocycles. The molecule has 0 fully saturated rings. The number of carboxylic acids is 1. The summed E-state index contributed by atoms with van der Waals surface area (Å²) in [6, 6.07) is 1.80. The van der Waals surface area contributed by atoms with Crippen LogP contribution in [0.1, 0.15) is 10.6 Å². The second kappa shape index (κ2) is 2.61. The third-order valence-corrected chi connectivity index (χ3v) is 1.77. The van der Waals surface area contributed by atoms with Gasteiger partial charge in [0.2, 0.25) is 10.9 Å². The molecule has 0 amide bonds. The summed E-state index contributed by atoms with van der Waals surface area (Å²) >= 11 is 0. The topological polar surface area (TPSA) is 105 Å². The van der Waals surface area contributed by atoms with Crippen LogP contribution in [0.15, 0.2) is 21.6 Å². The van der Waals surface area contributed by atoms with Gasteiger partial charge in [-0.1, -0.05) is 0 Å². The summed E-state index contributed by atoms with van der Waals surface area (Å²) in [6.45, 7) is 0. The van der Waals surface area contributed by atoms with E-state index >= 15 is 0 Å². The molecule has 1 aromatic heterocycles. The highest BCUT2D eigenvalue weighted by Crippen LogP contribution is 2.12. The smallest absolute Gasteiger partial charge is 0.371 e. The lowest BCUT2D eigenvalue weighted by molar-refractivity contribution is 0.0656. The molecular formula is C5H4O6S. The minimum Gasteiger partial charge on any atom is -0.475 e. The molecule has 0 radical (unpaired) electrons. The number of carbonyl (C=O) groups is 1. The Morgan fingerprint density at radius 1 is 1.42 bits per heavy atom. The Hall–Kier alpha value is -1.34. The maximum Gasteiger partial charge on any atom is 0.371 e. The zero-order valence-corrected chi connectivity index (χ0v) is 6.41. The standard InChI is InChI=1S/C5H4O6S/c6-5(7)3-1-2-4(11-3)12(8,9)10/h1-2H,(H,6,7)(H,8,9,10). The van der Waals surface area contributed by atoms with Gasteiger partial charge >= 0.3 is 16.1 Å². The monoisotopic (exact) mass is 192 g/mol. The Morgan fingerprint density at radius 3 is 2.25 bits per heavy atom. The maximum atomic E-state index is 10.3. The first kappa shape index (κ1) is 8.75. The van der Waals surface area contributed by atoms with Crippen molar-refractivity contribution in [3.63, 3.8) is 0 Å². The molecule has 12 heavy (non-hydrogen) atoms. The van der Waals surface area contributed by atoms with E-state index in [0.717, 1.165) is 12.1 Å². The van der Waals surface area contributed by atoms with E-state index in [1.807, 2.05) is 0 Å². The van der Waals surface area contributed by atoms with Gasteiger partial charge in [-0.2, -0.15) is 8.42 Å². The average Bonchev–Trinajstić information content (AvgIpc) is 2.30. The van der Waals surface area contributed by atoms with E-state index in [1.165, 1.54) is 0 Å². The van der Waals surface area contributed by atoms with Gasteiger partial charge < -0.3 is 9.52 Å². The van der Waals surface area contributed by atoms with Gasteiger partial charge in [0, 0.05) is 0 Å². The highest BCUT2D eigenvalue weighted by molar-refractivity contribution is 7.85. The molecule has 0 aliphatic carbocycles. The van der Waals surface area contributed by atoms with E-state index in [4.69, 9.17) is 9.66 Å². The molecule has 1 aromatic rings. The summed E-state index contributed by atoms with van der Waals surface area (Å²) < 4.78 is 33.3. The lowest BCUT2D eigenvalue weighted by Gasteiger charge is -1.87. The summed E-state index contributed by atoms with van der Waals surface area (Å²) in [5.74, 6) is -1.94. The van der Waals surface area contributed by atoms with Gasteiger partial charge in [-0.3, -0.25) is 4.55 Å². The lowest BCUT2D eigenvalue weighted by atomic mass is 10.5. The Kier molecular flexibility index (Phi) is 1.90. The average molecular weight is 192 g/mol. The van der Waals surface area contributed by atoms with Gasteiger partial charge in [-0.05, 0) is 12.1 Å². The molecular weight excluding hydrogens is 188 g/mol. The van der Waals surface area contributed by atoms with Crippen molar-refractivity contribution in [2.75, 3.05) is 0 Å². The van der Waals surface area contributed by atoms with E-state index in [0.29, 0.717) is 0 Å². The number of furan rings is 1. The summed E-state index contributed by atoms with van der Waals surface area (Å²) in [6.07, 6.45) is 0. The fraction of sp³-hybridized carbons (Fsp3) is 0. The summed E-state index contributed by atoms with van der Waals surface area (Å²) in [5.41, 5.74) is 0. The van der Waals surface area contributed by atoms with Crippen LogP contribution < -0.4 is 0 Å². The second-order valence-electron chi connectivity index (χ2n) is 1.90. The predicted molar refractivity (Wildman–Crippen MR) is 35.5 cm³/mol. The van der Waals surface area contributed by atoms with Crippen molar-refractivity contribution in [1.29, 1.82) is 0 Å². The highest BCUT2D eigenvalue weighted by Gasteiger charge is 2.17. The number of rotatable bonds is 2. The molecule has 7 heteroatoms. The molecule has 1 heterocycles. The first-order valence-electron chi connectivity index (χ1n) is 2.72. The number of hydrogen-bond donors (Lipinski definition) is 2. The maximum absolute atomic E-state index is 10.3. The van der Waals surface area contributed by atoms with Crippen LogP contribution in [0.4, 0.5) is 0 Å². The van der Waals surface area contributed by atoms with Crippen LogP contribution in [0.3, 0.4) is 0 Å². The Bertz CT molecular complexity index is 399. The van der Waals surface area contributed by atoms with Crippen LogP contribution >= 0.6 is 0 Å². The van der Waals surface area contributed by atoms with E-state index in [1.54, 1.807) is 0 Å². The Balaban J connectivity index is 3.17. The van der Waals surface area contributed by atoms with Gasteiger partial charge in [0.05, 0.1) is 0 Å². The van der Waals surface area contributed by atoms with Crippen LogP contribution in [0, 0.1) is 0 Å². The van der Waals surface area contributed by atoms with Gasteiger partial charge in [0.1, 0.15) is 0 Å². The molecule has 0 saturated heterocycles. The minimum atomic E-state index is -4.45. The number of carboxylic acid groups (broad SMARTS) is 1. The van der Waals surface area contributed by atoms with Crippen LogP contribution in [0.2, 0.25) is 0 Å². The molecule has 0 bridgehead atoms. The van der Waals surface area contributed by atoms with Gasteiger partial charge in [-0.25, -0.2) is 4.79 Å². The van der Waals surface area contributed by atoms with E-state index in [-0.39, 0.29) is 0 Å². The molecule has 0 spiro atoms. The summed E-state index contributed by atoms with van der Waals surface area (Å²) in [5, 5.41) is 7.52. The van der Waals surface area contributed by atoms with Crippen molar-refractivity contribution in [1.82, 2.24) is 0 Å². The highest BCUT2D eigenvalue weighted by atomic mass is 32.2. The SMILES string of the molecule is O=C(O)c1ccc(S(=O)(=O)O)o1. The van der Waals surface area contributed by atoms with Crippen molar-refractivity contribution < 1.29 is 27.3 Å². The van der Waals surface area contributed by atoms with Crippen LogP contribution in [0.5, 0.6) is 0 Å². The van der Waals surface area contributed by atoms with Gasteiger partial charge in [0.25, 0.3) is 0 Å². The van der Waals surface area contributed by atoms with Crippen LogP contribution in [0.25, 0.3) is 0 Å². The zero-order chi connectivity index (χ0) is 9.35. The quantitative estimate of drug-likeness (QED) is 0.649. The molecule has 6 nitrogen and oxygen atoms in total. The molecule has 0 aliphatic rings. The summed E-state index contributed by atoms with van der Waals surface area (Å²) in [7, 11) is -4.45. The third kappa shape index (κ3) is 1.63. The number of aromatic carboxylic acids is 1. The molecule has 2 N–H and O–H groups in total. The zero-order valence-electron chi connectivity index (χ0n) is 5.59. The largest absolute Gasteiger partial charge is 0.475 e. The van der Waals surface area contributed by atoms with Crippen molar-refractivity contribution in [2.45, 2.75) is 5.09 Å². The van der Waals surface area contributed by atoms with E-state index in [2.05, 4.69) is 4.42 Å². The fourth-order valence-corrected chi connectivity index (χ4v) is 1.01. The van der Waals surface area contributed by atoms with E-state index < -0.39 is 26.9 Å². The Labute approximate surface area is 67.2 Å². The van der Waals surface area contributed by atoms with Crippen molar-refractivity contribution >= 4 is 16.1 Å². The van der Waals surface area contributed by atoms with Crippen molar-refractivity contribution in [3.8, 4) is 0 Å². The van der Waals surface area contributed by atoms with Crippen LogP contribution in [-0.4, -0.2) is 24.0 Å². The summed E-state index contributed by atoms with van der Waals surface area (Å²) in [4.78, 5) is 10.2. The third-order valence-electron chi connectivity index (χ3n) is 1.05. The number of hydrogen-bond acceptors (Lipinski definition) is 4. The first-order valence-corrected chi connectivity index (χ1v) is 4.16. The van der Waals surface area contributed by atoms with Gasteiger partial charge in [-0.15, -0.1) is 0 Å². The molecule has 1 rings (SSSR count). The minimum absolute atomic E-state index is 0.539. The molecule has 0 saturated carbocycles. The molecule has 0 aliphatic heterocycles. The van der Waals surface area contributed by atoms with Crippen molar-refractivity contribution in [3.05, 3.63) is 17.9 Å². The fourth-order valence-electron chi connectivity index (χ4n) is 0.574. The van der Waals surface area contributed by atoms with Crippen molar-refractivity contribution in [2.24, 2.45) is 0 Å². The molecule has 0 atom stereocenters. The molecule has 66 valence electrons. The van der Waals surface area contributed by atoms with E-state index in [9.17, 15) is 13.2 Å². The van der Waals surface area contributed by atoms with Gasteiger partial charge in [0.15, 0.2) is 0 Å². The van der Waals surface area contributed by atoms with Crippen LogP contribution in [-0.2, 0) is 10.1 Å². The predicted octanol–water partition coefficient (Wildman–Crippen LogP) is 0.225.